The number of ketones is 1. The molecule has 0 amide bonds. The van der Waals surface area contributed by atoms with Gasteiger partial charge in [0.2, 0.25) is 0 Å². The van der Waals surface area contributed by atoms with Crippen LogP contribution in [-0.2, 0) is 12.8 Å². The van der Waals surface area contributed by atoms with E-state index in [1.807, 2.05) is 12.1 Å². The Labute approximate surface area is 122 Å². The lowest BCUT2D eigenvalue weighted by molar-refractivity contribution is 0.0921. The molecule has 1 aromatic heterocycles. The summed E-state index contributed by atoms with van der Waals surface area (Å²) in [6.07, 6.45) is 6.43. The number of halogens is 1. The Balaban J connectivity index is 1.67. The van der Waals surface area contributed by atoms with Gasteiger partial charge in [-0.2, -0.15) is 0 Å². The van der Waals surface area contributed by atoms with Gasteiger partial charge in [-0.25, -0.2) is 0 Å². The van der Waals surface area contributed by atoms with Gasteiger partial charge in [0.15, 0.2) is 12.4 Å². The van der Waals surface area contributed by atoms with Crippen LogP contribution in [0, 0.1) is 0 Å². The molecule has 0 bridgehead atoms. The van der Waals surface area contributed by atoms with Crippen LogP contribution in [0.15, 0.2) is 36.7 Å². The van der Waals surface area contributed by atoms with E-state index in [0.717, 1.165) is 12.8 Å². The molecule has 0 fully saturated rings. The fourth-order valence-electron chi connectivity index (χ4n) is 2.45. The first-order valence-electron chi connectivity index (χ1n) is 6.61. The second-order valence-corrected chi connectivity index (χ2v) is 5.32. The first-order valence-corrected chi connectivity index (χ1v) is 6.98. The van der Waals surface area contributed by atoms with Gasteiger partial charge < -0.3 is 4.74 Å². The summed E-state index contributed by atoms with van der Waals surface area (Å²) in [4.78, 5) is 16.0. The first-order chi connectivity index (χ1) is 9.72. The zero-order valence-electron chi connectivity index (χ0n) is 10.9. The summed E-state index contributed by atoms with van der Waals surface area (Å²) in [5, 5.41) is 0.493. The normalized spacial score (nSPS) is 13.1. The molecule has 0 unspecified atom stereocenters. The van der Waals surface area contributed by atoms with Crippen LogP contribution >= 0.6 is 11.6 Å². The number of hydrogen-bond acceptors (Lipinski definition) is 3. The van der Waals surface area contributed by atoms with Gasteiger partial charge in [-0.15, -0.1) is 0 Å². The van der Waals surface area contributed by atoms with Crippen molar-refractivity contribution in [1.82, 2.24) is 4.98 Å². The Hall–Kier alpha value is -1.87. The summed E-state index contributed by atoms with van der Waals surface area (Å²) >= 11 is 5.81. The number of carbonyl (C=O) groups is 1. The zero-order chi connectivity index (χ0) is 13.9. The predicted molar refractivity (Wildman–Crippen MR) is 77.5 cm³/mol. The summed E-state index contributed by atoms with van der Waals surface area (Å²) in [6, 6.07) is 7.57. The molecule has 1 aliphatic carbocycles. The molecule has 0 atom stereocenters. The Kier molecular flexibility index (Phi) is 3.70. The van der Waals surface area contributed by atoms with Gasteiger partial charge in [0.25, 0.3) is 0 Å². The number of benzene rings is 1. The average Bonchev–Trinajstić information content (AvgIpc) is 2.92. The van der Waals surface area contributed by atoms with Crippen molar-refractivity contribution in [2.24, 2.45) is 0 Å². The third-order valence-electron chi connectivity index (χ3n) is 3.47. The number of nitrogens with zero attached hydrogens (tertiary/aromatic N) is 1. The molecule has 20 heavy (non-hydrogen) atoms. The summed E-state index contributed by atoms with van der Waals surface area (Å²) in [7, 11) is 0. The van der Waals surface area contributed by atoms with Crippen LogP contribution in [0.3, 0.4) is 0 Å². The highest BCUT2D eigenvalue weighted by Crippen LogP contribution is 2.23. The molecule has 0 radical (unpaired) electrons. The third-order valence-corrected chi connectivity index (χ3v) is 3.68. The molecule has 102 valence electrons. The van der Waals surface area contributed by atoms with Crippen molar-refractivity contribution in [3.63, 3.8) is 0 Å². The molecule has 1 aliphatic rings. The van der Waals surface area contributed by atoms with Gasteiger partial charge in [0, 0.05) is 17.8 Å². The van der Waals surface area contributed by atoms with Gasteiger partial charge in [0.1, 0.15) is 5.75 Å². The number of ether oxygens (including phenoxy) is 1. The molecule has 0 saturated carbocycles. The van der Waals surface area contributed by atoms with E-state index >= 15 is 0 Å². The monoisotopic (exact) mass is 287 g/mol. The second-order valence-electron chi connectivity index (χ2n) is 4.89. The number of hydrogen-bond donors (Lipinski definition) is 0. The van der Waals surface area contributed by atoms with Gasteiger partial charge in [-0.1, -0.05) is 23.7 Å². The molecule has 0 N–H and O–H groups in total. The minimum absolute atomic E-state index is 0.000802. The molecule has 0 aliphatic heterocycles. The van der Waals surface area contributed by atoms with Crippen LogP contribution in [0.25, 0.3) is 0 Å². The molecule has 4 heteroatoms. The lowest BCUT2D eigenvalue weighted by Gasteiger charge is -2.07. The molecule has 2 aromatic rings. The number of rotatable bonds is 4. The van der Waals surface area contributed by atoms with E-state index in [0.29, 0.717) is 16.3 Å². The van der Waals surface area contributed by atoms with Crippen LogP contribution in [-0.4, -0.2) is 17.4 Å². The van der Waals surface area contributed by atoms with E-state index in [1.54, 1.807) is 12.3 Å². The lowest BCUT2D eigenvalue weighted by atomic mass is 10.0. The van der Waals surface area contributed by atoms with E-state index in [-0.39, 0.29) is 12.4 Å². The fourth-order valence-corrected chi connectivity index (χ4v) is 2.61. The van der Waals surface area contributed by atoms with E-state index in [2.05, 4.69) is 11.1 Å². The smallest absolute Gasteiger partial charge is 0.200 e. The lowest BCUT2D eigenvalue weighted by Crippen LogP contribution is -2.12. The summed E-state index contributed by atoms with van der Waals surface area (Å²) in [5.41, 5.74) is 3.36. The minimum atomic E-state index is -0.0281. The molecular weight excluding hydrogens is 274 g/mol. The van der Waals surface area contributed by atoms with Crippen molar-refractivity contribution in [2.75, 3.05) is 6.61 Å². The van der Waals surface area contributed by atoms with Gasteiger partial charge in [-0.05, 0) is 36.5 Å². The Morgan fingerprint density at radius 1 is 1.20 bits per heavy atom. The largest absolute Gasteiger partial charge is 0.484 e. The van der Waals surface area contributed by atoms with Crippen LogP contribution in [0.5, 0.6) is 5.75 Å². The van der Waals surface area contributed by atoms with Crippen molar-refractivity contribution in [3.05, 3.63) is 58.4 Å². The first kappa shape index (κ1) is 13.1. The van der Waals surface area contributed by atoms with Crippen molar-refractivity contribution >= 4 is 17.4 Å². The van der Waals surface area contributed by atoms with E-state index < -0.39 is 0 Å². The Morgan fingerprint density at radius 2 is 2.05 bits per heavy atom. The van der Waals surface area contributed by atoms with E-state index in [4.69, 9.17) is 16.3 Å². The minimum Gasteiger partial charge on any atom is -0.484 e. The van der Waals surface area contributed by atoms with E-state index in [9.17, 15) is 4.79 Å². The molecule has 0 spiro atoms. The number of Topliss-reactive ketones (excluding diaryl/α,β-unsaturated/α-hetero) is 1. The summed E-state index contributed by atoms with van der Waals surface area (Å²) in [6.45, 7) is 0.000802. The highest BCUT2D eigenvalue weighted by Gasteiger charge is 2.14. The Bertz CT molecular complexity index is 655. The van der Waals surface area contributed by atoms with Crippen LogP contribution in [0.4, 0.5) is 0 Å². The Morgan fingerprint density at radius 3 is 2.90 bits per heavy atom. The van der Waals surface area contributed by atoms with Crippen molar-refractivity contribution in [1.29, 1.82) is 0 Å². The molecule has 3 rings (SSSR count). The third kappa shape index (κ3) is 2.83. The number of fused-ring (bicyclic) bond motifs is 1. The molecule has 1 aromatic carbocycles. The maximum atomic E-state index is 12.1. The highest BCUT2D eigenvalue weighted by molar-refractivity contribution is 6.30. The standard InChI is InChI=1S/C16H14ClNO2/c17-14-7-15(9-18-8-14)20-10-16(19)13-5-4-11-2-1-3-12(11)6-13/h4-9H,1-3,10H2. The number of aromatic nitrogens is 1. The zero-order valence-corrected chi connectivity index (χ0v) is 11.7. The highest BCUT2D eigenvalue weighted by atomic mass is 35.5. The number of carbonyl (C=O) groups excluding carboxylic acids is 1. The van der Waals surface area contributed by atoms with Crippen molar-refractivity contribution in [3.8, 4) is 5.75 Å². The predicted octanol–water partition coefficient (Wildman–Crippen LogP) is 3.49. The van der Waals surface area contributed by atoms with Crippen LogP contribution < -0.4 is 4.74 Å². The molecular formula is C16H14ClNO2. The molecule has 1 heterocycles. The molecule has 0 saturated heterocycles. The quantitative estimate of drug-likeness (QED) is 0.808. The van der Waals surface area contributed by atoms with Crippen molar-refractivity contribution in [2.45, 2.75) is 19.3 Å². The summed E-state index contributed by atoms with van der Waals surface area (Å²) in [5.74, 6) is 0.478. The second kappa shape index (κ2) is 5.63. The van der Waals surface area contributed by atoms with Crippen LogP contribution in [0.1, 0.15) is 27.9 Å². The van der Waals surface area contributed by atoms with Crippen molar-refractivity contribution < 1.29 is 9.53 Å². The van der Waals surface area contributed by atoms with E-state index in [1.165, 1.54) is 23.7 Å². The number of pyridine rings is 1. The summed E-state index contributed by atoms with van der Waals surface area (Å²) < 4.78 is 5.43. The number of aryl methyl sites for hydroxylation is 2. The van der Waals surface area contributed by atoms with Gasteiger partial charge >= 0.3 is 0 Å². The maximum absolute atomic E-state index is 12.1. The molecule has 3 nitrogen and oxygen atoms in total. The SMILES string of the molecule is O=C(COc1cncc(Cl)c1)c1ccc2c(c1)CCC2. The average molecular weight is 288 g/mol. The van der Waals surface area contributed by atoms with Gasteiger partial charge in [0.05, 0.1) is 11.2 Å². The van der Waals surface area contributed by atoms with Gasteiger partial charge in [-0.3, -0.25) is 9.78 Å². The topological polar surface area (TPSA) is 39.2 Å². The fraction of sp³-hybridized carbons (Fsp3) is 0.250. The van der Waals surface area contributed by atoms with Crippen LogP contribution in [0.2, 0.25) is 5.02 Å². The maximum Gasteiger partial charge on any atom is 0.200 e.